The van der Waals surface area contributed by atoms with E-state index in [0.29, 0.717) is 28.2 Å². The maximum absolute atomic E-state index is 13.9. The molecule has 37 heavy (non-hydrogen) atoms. The van der Waals surface area contributed by atoms with E-state index in [0.717, 1.165) is 29.3 Å². The van der Waals surface area contributed by atoms with E-state index in [4.69, 9.17) is 10.5 Å². The van der Waals surface area contributed by atoms with Crippen molar-refractivity contribution in [2.45, 2.75) is 32.4 Å². The van der Waals surface area contributed by atoms with Crippen LogP contribution in [0, 0.1) is 5.92 Å². The number of anilines is 1. The van der Waals surface area contributed by atoms with Gasteiger partial charge in [0.2, 0.25) is 0 Å². The lowest BCUT2D eigenvalue weighted by Gasteiger charge is -2.18. The zero-order chi connectivity index (χ0) is 26.5. The van der Waals surface area contributed by atoms with Crippen LogP contribution < -0.4 is 15.8 Å². The van der Waals surface area contributed by atoms with E-state index >= 15 is 0 Å². The van der Waals surface area contributed by atoms with Gasteiger partial charge in [0.05, 0.1) is 18.4 Å². The molecule has 1 atom stereocenters. The van der Waals surface area contributed by atoms with Crippen molar-refractivity contribution in [2.75, 3.05) is 12.4 Å². The second-order valence-electron chi connectivity index (χ2n) is 8.93. The molecule has 3 N–H and O–H groups in total. The summed E-state index contributed by atoms with van der Waals surface area (Å²) in [7, 11) is 1.48. The Morgan fingerprint density at radius 1 is 1.22 bits per heavy atom. The van der Waals surface area contributed by atoms with E-state index in [9.17, 15) is 22.8 Å². The Morgan fingerprint density at radius 2 is 1.95 bits per heavy atom. The Bertz CT molecular complexity index is 1530. The van der Waals surface area contributed by atoms with Gasteiger partial charge in [-0.2, -0.15) is 18.3 Å². The highest BCUT2D eigenvalue weighted by Crippen LogP contribution is 2.40. The predicted octanol–water partition coefficient (Wildman–Crippen LogP) is 4.96. The fourth-order valence-electron chi connectivity index (χ4n) is 4.46. The summed E-state index contributed by atoms with van der Waals surface area (Å²) in [6.07, 6.45) is -2.43. The number of nitrogens with two attached hydrogens (primary N) is 1. The molecule has 12 heteroatoms. The van der Waals surface area contributed by atoms with Crippen LogP contribution in [0.2, 0.25) is 0 Å². The third-order valence-corrected chi connectivity index (χ3v) is 7.49. The summed E-state index contributed by atoms with van der Waals surface area (Å²) >= 11 is 1.26. The lowest BCUT2D eigenvalue weighted by atomic mass is 9.88. The van der Waals surface area contributed by atoms with Crippen molar-refractivity contribution >= 4 is 33.8 Å². The molecule has 0 spiro atoms. The summed E-state index contributed by atoms with van der Waals surface area (Å²) in [6, 6.07) is 8.46. The molecule has 0 fully saturated rings. The quantitative estimate of drug-likeness (QED) is 0.380. The van der Waals surface area contributed by atoms with E-state index in [1.165, 1.54) is 24.5 Å². The number of primary amides is 1. The first kappa shape index (κ1) is 24.8. The van der Waals surface area contributed by atoms with Crippen LogP contribution in [0.1, 0.15) is 50.3 Å². The highest BCUT2D eigenvalue weighted by Gasteiger charge is 2.36. The minimum absolute atomic E-state index is 0.0606. The van der Waals surface area contributed by atoms with Gasteiger partial charge in [-0.25, -0.2) is 9.50 Å². The SMILES string of the molecule is COc1ccc(-c2cc(C(F)(F)F)n3nc(C(=O)Nc4sc5c(c4C(N)=O)CC[C@H](C)C5)cc3n2)cc1. The normalized spacial score (nSPS) is 15.4. The van der Waals surface area contributed by atoms with Gasteiger partial charge in [-0.15, -0.1) is 11.3 Å². The second-order valence-corrected chi connectivity index (χ2v) is 10.0. The highest BCUT2D eigenvalue weighted by atomic mass is 32.1. The molecule has 0 radical (unpaired) electrons. The molecular formula is C25H22F3N5O3S. The van der Waals surface area contributed by atoms with Crippen LogP contribution in [-0.4, -0.2) is 33.5 Å². The molecule has 8 nitrogen and oxygen atoms in total. The van der Waals surface area contributed by atoms with Crippen LogP contribution in [0.3, 0.4) is 0 Å². The number of alkyl halides is 3. The number of ether oxygens (including phenoxy) is 1. The van der Waals surface area contributed by atoms with E-state index in [1.54, 1.807) is 24.3 Å². The number of thiophene rings is 1. The van der Waals surface area contributed by atoms with Crippen LogP contribution in [0.5, 0.6) is 5.75 Å². The molecule has 2 amide bonds. The molecule has 3 aromatic heterocycles. The third kappa shape index (κ3) is 4.64. The Kier molecular flexibility index (Phi) is 6.14. The smallest absolute Gasteiger partial charge is 0.433 e. The molecular weight excluding hydrogens is 507 g/mol. The molecule has 1 aliphatic rings. The maximum atomic E-state index is 13.9. The van der Waals surface area contributed by atoms with Gasteiger partial charge in [-0.1, -0.05) is 6.92 Å². The fraction of sp³-hybridized carbons (Fsp3) is 0.280. The second kappa shape index (κ2) is 9.18. The number of amides is 2. The molecule has 0 unspecified atom stereocenters. The first-order valence-corrected chi connectivity index (χ1v) is 12.2. The van der Waals surface area contributed by atoms with Crippen LogP contribution >= 0.6 is 11.3 Å². The van der Waals surface area contributed by atoms with Crippen LogP contribution in [0.15, 0.2) is 36.4 Å². The van der Waals surface area contributed by atoms with E-state index in [-0.39, 0.29) is 27.6 Å². The van der Waals surface area contributed by atoms with Gasteiger partial charge in [0.1, 0.15) is 10.8 Å². The first-order chi connectivity index (χ1) is 17.5. The van der Waals surface area contributed by atoms with Gasteiger partial charge < -0.3 is 15.8 Å². The number of nitrogens with one attached hydrogen (secondary N) is 1. The summed E-state index contributed by atoms with van der Waals surface area (Å²) in [5.74, 6) is -0.453. The van der Waals surface area contributed by atoms with E-state index < -0.39 is 23.7 Å². The largest absolute Gasteiger partial charge is 0.497 e. The summed E-state index contributed by atoms with van der Waals surface area (Å²) < 4.78 is 47.5. The monoisotopic (exact) mass is 529 g/mol. The number of aromatic nitrogens is 3. The molecule has 192 valence electrons. The Labute approximate surface area is 213 Å². The molecule has 4 aromatic rings. The molecule has 0 saturated heterocycles. The van der Waals surface area contributed by atoms with Crippen molar-refractivity contribution < 1.29 is 27.5 Å². The van der Waals surface area contributed by atoms with Crippen molar-refractivity contribution in [3.8, 4) is 17.0 Å². The van der Waals surface area contributed by atoms with Crippen LogP contribution in [0.25, 0.3) is 16.9 Å². The number of carbonyl (C=O) groups excluding carboxylic acids is 2. The molecule has 1 aliphatic carbocycles. The molecule has 0 saturated carbocycles. The van der Waals surface area contributed by atoms with Gasteiger partial charge >= 0.3 is 6.18 Å². The topological polar surface area (TPSA) is 112 Å². The summed E-state index contributed by atoms with van der Waals surface area (Å²) in [4.78, 5) is 30.5. The number of rotatable bonds is 5. The average molecular weight is 530 g/mol. The zero-order valence-corrected chi connectivity index (χ0v) is 20.7. The molecule has 5 rings (SSSR count). The lowest BCUT2D eigenvalue weighted by Crippen LogP contribution is -2.19. The summed E-state index contributed by atoms with van der Waals surface area (Å²) in [5.41, 5.74) is 5.66. The molecule has 0 aliphatic heterocycles. The van der Waals surface area contributed by atoms with Crippen LogP contribution in [0.4, 0.5) is 18.2 Å². The van der Waals surface area contributed by atoms with Gasteiger partial charge in [-0.3, -0.25) is 9.59 Å². The number of hydrogen-bond acceptors (Lipinski definition) is 6. The number of benzene rings is 1. The van der Waals surface area contributed by atoms with Crippen LogP contribution in [-0.2, 0) is 19.0 Å². The molecule has 3 heterocycles. The Hall–Kier alpha value is -3.93. The number of fused-ring (bicyclic) bond motifs is 2. The maximum Gasteiger partial charge on any atom is 0.433 e. The minimum Gasteiger partial charge on any atom is -0.497 e. The zero-order valence-electron chi connectivity index (χ0n) is 19.8. The number of carbonyl (C=O) groups is 2. The number of nitrogens with zero attached hydrogens (tertiary/aromatic N) is 3. The summed E-state index contributed by atoms with van der Waals surface area (Å²) in [6.45, 7) is 2.10. The average Bonchev–Trinajstić information content (AvgIpc) is 3.43. The van der Waals surface area contributed by atoms with Gasteiger partial charge in [0.15, 0.2) is 17.0 Å². The number of hydrogen-bond donors (Lipinski definition) is 2. The number of methoxy groups -OCH3 is 1. The lowest BCUT2D eigenvalue weighted by molar-refractivity contribution is -0.142. The van der Waals surface area contributed by atoms with Crippen molar-refractivity contribution in [1.82, 2.24) is 14.6 Å². The van der Waals surface area contributed by atoms with Crippen molar-refractivity contribution in [3.05, 3.63) is 63.8 Å². The predicted molar refractivity (Wildman–Crippen MR) is 132 cm³/mol. The van der Waals surface area contributed by atoms with Crippen molar-refractivity contribution in [2.24, 2.45) is 11.7 Å². The van der Waals surface area contributed by atoms with E-state index in [1.807, 2.05) is 0 Å². The van der Waals surface area contributed by atoms with Crippen molar-refractivity contribution in [3.63, 3.8) is 0 Å². The molecule has 0 bridgehead atoms. The third-order valence-electron chi connectivity index (χ3n) is 6.32. The first-order valence-electron chi connectivity index (χ1n) is 11.4. The minimum atomic E-state index is -4.76. The Balaban J connectivity index is 1.54. The number of halogens is 3. The highest BCUT2D eigenvalue weighted by molar-refractivity contribution is 7.17. The van der Waals surface area contributed by atoms with E-state index in [2.05, 4.69) is 22.3 Å². The molecule has 1 aromatic carbocycles. The van der Waals surface area contributed by atoms with Gasteiger partial charge in [-0.05, 0) is 61.1 Å². The van der Waals surface area contributed by atoms with Gasteiger partial charge in [0.25, 0.3) is 11.8 Å². The van der Waals surface area contributed by atoms with Crippen molar-refractivity contribution in [1.29, 1.82) is 0 Å². The standard InChI is InChI=1S/C25H22F3N5O3S/c1-12-3-8-15-18(9-12)37-24(21(15)22(29)34)31-23(35)17-11-20-30-16(13-4-6-14(36-2)7-5-13)10-19(25(26,27)28)33(20)32-17/h4-7,10-12H,3,8-9H2,1-2H3,(H2,29,34)(H,31,35)/t12-/m0/s1. The van der Waals surface area contributed by atoms with Gasteiger partial charge in [0, 0.05) is 16.5 Å². The Morgan fingerprint density at radius 3 is 2.59 bits per heavy atom. The summed E-state index contributed by atoms with van der Waals surface area (Å²) in [5, 5.41) is 6.81. The fourth-order valence-corrected chi connectivity index (χ4v) is 5.87.